The van der Waals surface area contributed by atoms with Gasteiger partial charge < -0.3 is 14.4 Å². The Hall–Kier alpha value is -2.47. The van der Waals surface area contributed by atoms with E-state index in [1.54, 1.807) is 11.0 Å². The van der Waals surface area contributed by atoms with Crippen LogP contribution in [0.2, 0.25) is 0 Å². The summed E-state index contributed by atoms with van der Waals surface area (Å²) in [6.45, 7) is 2.71. The van der Waals surface area contributed by atoms with Crippen LogP contribution in [0.1, 0.15) is 16.1 Å². The number of rotatable bonds is 4. The Labute approximate surface area is 128 Å². The number of carbonyl (C=O) groups excluding carboxylic acids is 1. The molecule has 2 aromatic rings. The van der Waals surface area contributed by atoms with Crippen LogP contribution in [0.5, 0.6) is 5.88 Å². The minimum absolute atomic E-state index is 0.115. The van der Waals surface area contributed by atoms with E-state index < -0.39 is 0 Å². The number of carbonyl (C=O) groups is 1. The van der Waals surface area contributed by atoms with Crippen molar-refractivity contribution in [3.63, 3.8) is 0 Å². The van der Waals surface area contributed by atoms with Gasteiger partial charge in [0, 0.05) is 19.2 Å². The molecule has 0 spiro atoms. The molecular weight excluding hydrogens is 282 g/mol. The van der Waals surface area contributed by atoms with Crippen LogP contribution >= 0.6 is 0 Å². The van der Waals surface area contributed by atoms with E-state index in [1.165, 1.54) is 6.33 Å². The van der Waals surface area contributed by atoms with Crippen LogP contribution in [0.3, 0.4) is 0 Å². The summed E-state index contributed by atoms with van der Waals surface area (Å²) >= 11 is 0. The third-order valence-corrected chi connectivity index (χ3v) is 3.39. The Morgan fingerprint density at radius 1 is 1.18 bits per heavy atom. The number of ether oxygens (including phenoxy) is 2. The van der Waals surface area contributed by atoms with Crippen LogP contribution < -0.4 is 4.74 Å². The molecule has 1 aliphatic heterocycles. The molecule has 114 valence electrons. The van der Waals surface area contributed by atoms with Gasteiger partial charge in [0.25, 0.3) is 5.91 Å². The number of amides is 1. The van der Waals surface area contributed by atoms with Gasteiger partial charge in [0.1, 0.15) is 18.6 Å². The third kappa shape index (κ3) is 3.59. The zero-order valence-corrected chi connectivity index (χ0v) is 12.1. The predicted octanol–water partition coefficient (Wildman–Crippen LogP) is 1.53. The SMILES string of the molecule is O=C(c1cc(OCc2ccccc2)ncn1)N1CCOCC1. The first-order valence-electron chi connectivity index (χ1n) is 7.19. The molecule has 2 heterocycles. The molecule has 1 aromatic heterocycles. The third-order valence-electron chi connectivity index (χ3n) is 3.39. The van der Waals surface area contributed by atoms with Gasteiger partial charge in [0.05, 0.1) is 13.2 Å². The van der Waals surface area contributed by atoms with Crippen molar-refractivity contribution in [2.75, 3.05) is 26.3 Å². The highest BCUT2D eigenvalue weighted by atomic mass is 16.5. The van der Waals surface area contributed by atoms with Crippen LogP contribution in [-0.2, 0) is 11.3 Å². The van der Waals surface area contributed by atoms with Gasteiger partial charge >= 0.3 is 0 Å². The topological polar surface area (TPSA) is 64.5 Å². The lowest BCUT2D eigenvalue weighted by molar-refractivity contribution is 0.0298. The maximum absolute atomic E-state index is 12.4. The molecule has 0 radical (unpaired) electrons. The summed E-state index contributed by atoms with van der Waals surface area (Å²) < 4.78 is 10.9. The molecule has 22 heavy (non-hydrogen) atoms. The lowest BCUT2D eigenvalue weighted by atomic mass is 10.2. The Bertz CT molecular complexity index is 628. The zero-order valence-electron chi connectivity index (χ0n) is 12.1. The summed E-state index contributed by atoms with van der Waals surface area (Å²) in [5.41, 5.74) is 1.39. The molecule has 1 aromatic carbocycles. The second-order valence-corrected chi connectivity index (χ2v) is 4.92. The Morgan fingerprint density at radius 2 is 1.95 bits per heavy atom. The molecular formula is C16H17N3O3. The van der Waals surface area contributed by atoms with Gasteiger partial charge in [0.15, 0.2) is 0 Å². The Morgan fingerprint density at radius 3 is 2.73 bits per heavy atom. The number of nitrogens with zero attached hydrogens (tertiary/aromatic N) is 3. The quantitative estimate of drug-likeness (QED) is 0.856. The molecule has 3 rings (SSSR count). The molecule has 0 aliphatic carbocycles. The number of aromatic nitrogens is 2. The highest BCUT2D eigenvalue weighted by Crippen LogP contribution is 2.12. The second-order valence-electron chi connectivity index (χ2n) is 4.92. The first kappa shape index (κ1) is 14.5. The molecule has 1 saturated heterocycles. The van der Waals surface area contributed by atoms with E-state index in [9.17, 15) is 4.79 Å². The monoisotopic (exact) mass is 299 g/mol. The molecule has 6 heteroatoms. The fraction of sp³-hybridized carbons (Fsp3) is 0.312. The van der Waals surface area contributed by atoms with Crippen molar-refractivity contribution in [1.29, 1.82) is 0 Å². The van der Waals surface area contributed by atoms with E-state index in [0.29, 0.717) is 44.5 Å². The Kier molecular flexibility index (Phi) is 4.60. The summed E-state index contributed by atoms with van der Waals surface area (Å²) in [5, 5.41) is 0. The zero-order chi connectivity index (χ0) is 15.2. The van der Waals surface area contributed by atoms with E-state index in [0.717, 1.165) is 5.56 Å². The molecule has 1 aliphatic rings. The van der Waals surface area contributed by atoms with Crippen molar-refractivity contribution in [1.82, 2.24) is 14.9 Å². The van der Waals surface area contributed by atoms with E-state index in [-0.39, 0.29) is 5.91 Å². The summed E-state index contributed by atoms with van der Waals surface area (Å²) in [5.74, 6) is 0.283. The summed E-state index contributed by atoms with van der Waals surface area (Å²) in [7, 11) is 0. The van der Waals surface area contributed by atoms with Crippen LogP contribution in [0.4, 0.5) is 0 Å². The minimum atomic E-state index is -0.115. The number of benzene rings is 1. The molecule has 0 N–H and O–H groups in total. The van der Waals surface area contributed by atoms with Gasteiger partial charge in [-0.3, -0.25) is 4.79 Å². The first-order chi connectivity index (χ1) is 10.8. The fourth-order valence-corrected chi connectivity index (χ4v) is 2.20. The van der Waals surface area contributed by atoms with Crippen molar-refractivity contribution >= 4 is 5.91 Å². The van der Waals surface area contributed by atoms with Crippen molar-refractivity contribution in [2.45, 2.75) is 6.61 Å². The molecule has 0 saturated carbocycles. The first-order valence-corrected chi connectivity index (χ1v) is 7.19. The maximum atomic E-state index is 12.4. The highest BCUT2D eigenvalue weighted by Gasteiger charge is 2.20. The summed E-state index contributed by atoms with van der Waals surface area (Å²) in [6, 6.07) is 11.4. The van der Waals surface area contributed by atoms with Gasteiger partial charge in [-0.25, -0.2) is 9.97 Å². The lowest BCUT2D eigenvalue weighted by Gasteiger charge is -2.26. The minimum Gasteiger partial charge on any atom is -0.473 e. The normalized spacial score (nSPS) is 14.6. The predicted molar refractivity (Wildman–Crippen MR) is 79.5 cm³/mol. The number of hydrogen-bond acceptors (Lipinski definition) is 5. The van der Waals surface area contributed by atoms with E-state index in [2.05, 4.69) is 9.97 Å². The highest BCUT2D eigenvalue weighted by molar-refractivity contribution is 5.92. The average molecular weight is 299 g/mol. The molecule has 0 unspecified atom stereocenters. The smallest absolute Gasteiger partial charge is 0.272 e. The molecule has 0 atom stereocenters. The molecule has 1 amide bonds. The van der Waals surface area contributed by atoms with Gasteiger partial charge in [-0.05, 0) is 5.56 Å². The van der Waals surface area contributed by atoms with Crippen molar-refractivity contribution in [3.05, 3.63) is 54.0 Å². The van der Waals surface area contributed by atoms with Crippen molar-refractivity contribution < 1.29 is 14.3 Å². The van der Waals surface area contributed by atoms with E-state index in [4.69, 9.17) is 9.47 Å². The van der Waals surface area contributed by atoms with Crippen molar-refractivity contribution in [2.24, 2.45) is 0 Å². The summed E-state index contributed by atoms with van der Waals surface area (Å²) in [6.07, 6.45) is 1.36. The number of hydrogen-bond donors (Lipinski definition) is 0. The lowest BCUT2D eigenvalue weighted by Crippen LogP contribution is -2.41. The average Bonchev–Trinajstić information content (AvgIpc) is 2.61. The second kappa shape index (κ2) is 7.00. The van der Waals surface area contributed by atoms with E-state index in [1.807, 2.05) is 30.3 Å². The van der Waals surface area contributed by atoms with Gasteiger partial charge in [-0.1, -0.05) is 30.3 Å². The van der Waals surface area contributed by atoms with Gasteiger partial charge in [0.2, 0.25) is 5.88 Å². The molecule has 1 fully saturated rings. The fourth-order valence-electron chi connectivity index (χ4n) is 2.20. The molecule has 6 nitrogen and oxygen atoms in total. The largest absolute Gasteiger partial charge is 0.473 e. The van der Waals surface area contributed by atoms with Crippen LogP contribution in [0, 0.1) is 0 Å². The summed E-state index contributed by atoms with van der Waals surface area (Å²) in [4.78, 5) is 22.2. The number of morpholine rings is 1. The Balaban J connectivity index is 1.65. The molecule has 0 bridgehead atoms. The maximum Gasteiger partial charge on any atom is 0.272 e. The standard InChI is InChI=1S/C16H17N3O3/c20-16(19-6-8-21-9-7-19)14-10-15(18-12-17-14)22-11-13-4-2-1-3-5-13/h1-5,10,12H,6-9,11H2. The van der Waals surface area contributed by atoms with Crippen LogP contribution in [0.15, 0.2) is 42.7 Å². The van der Waals surface area contributed by atoms with Crippen LogP contribution in [-0.4, -0.2) is 47.1 Å². The van der Waals surface area contributed by atoms with Gasteiger partial charge in [-0.15, -0.1) is 0 Å². The van der Waals surface area contributed by atoms with Crippen LogP contribution in [0.25, 0.3) is 0 Å². The van der Waals surface area contributed by atoms with Crippen molar-refractivity contribution in [3.8, 4) is 5.88 Å². The van der Waals surface area contributed by atoms with E-state index >= 15 is 0 Å². The van der Waals surface area contributed by atoms with Gasteiger partial charge in [-0.2, -0.15) is 0 Å².